The van der Waals surface area contributed by atoms with Crippen LogP contribution >= 0.6 is 0 Å². The number of alkyl halides is 1. The number of nitrogens with zero attached hydrogens (tertiary/aromatic N) is 7. The first-order valence-corrected chi connectivity index (χ1v) is 23.4. The molecule has 1 aromatic heterocycles. The smallest absolute Gasteiger partial charge is 0.301 e. The molecule has 4 saturated heterocycles. The number of anilines is 2. The zero-order valence-electron chi connectivity index (χ0n) is 35.7. The third-order valence-electron chi connectivity index (χ3n) is 13.4. The average Bonchev–Trinajstić information content (AvgIpc) is 3.89. The third kappa shape index (κ3) is 8.24. The van der Waals surface area contributed by atoms with Crippen molar-refractivity contribution in [2.24, 2.45) is 5.92 Å². The lowest BCUT2D eigenvalue weighted by Crippen LogP contribution is -2.52. The minimum atomic E-state index is -4.24. The molecule has 0 bridgehead atoms. The summed E-state index contributed by atoms with van der Waals surface area (Å²) in [5.74, 6) is -1.56. The highest BCUT2D eigenvalue weighted by Gasteiger charge is 2.40. The van der Waals surface area contributed by atoms with E-state index in [0.29, 0.717) is 35.7 Å². The summed E-state index contributed by atoms with van der Waals surface area (Å²) < 4.78 is 65.3. The number of carbonyl (C=O) groups excluding carboxylic acids is 3. The molecular weight excluding hydrogens is 873 g/mol. The van der Waals surface area contributed by atoms with Gasteiger partial charge in [0, 0.05) is 62.9 Å². The van der Waals surface area contributed by atoms with Gasteiger partial charge in [0.05, 0.1) is 22.3 Å². The van der Waals surface area contributed by atoms with Gasteiger partial charge in [-0.2, -0.15) is 18.0 Å². The van der Waals surface area contributed by atoms with E-state index < -0.39 is 51.0 Å². The lowest BCUT2D eigenvalue weighted by Gasteiger charge is -2.44. The molecule has 3 amide bonds. The maximum absolute atomic E-state index is 15.2. The number of nitrogens with one attached hydrogen (secondary N) is 2. The standard InChI is InChI=1S/C47H45F2N9O7S/c48-32-14-17-56(26-32)66(63,64)53-41-9-7-39(49)44(38(41)21-50)65-35-5-8-40-37(20-35)47(62)58(27-51-40)34-3-1-2-30(18-34)29-12-15-54(16-13-29)22-28-23-55(24-28)33-4-6-36-31(19-33)25-57(46(36)61)42-10-11-43(59)52-45(42)60/h1-9,18-20,27-29,32,42,53H,10-17,22-26H2,(H,52,59,60)/t32-,42+/m1/s1. The van der Waals surface area contributed by atoms with Crippen molar-refractivity contribution >= 4 is 50.2 Å². The van der Waals surface area contributed by atoms with Crippen molar-refractivity contribution < 1.29 is 36.3 Å². The Labute approximate surface area is 378 Å². The lowest BCUT2D eigenvalue weighted by molar-refractivity contribution is -0.136. The largest absolute Gasteiger partial charge is 0.453 e. The quantitative estimate of drug-likeness (QED) is 0.170. The molecule has 2 N–H and O–H groups in total. The molecule has 19 heteroatoms. The molecule has 10 rings (SSSR count). The number of halogens is 2. The third-order valence-corrected chi connectivity index (χ3v) is 14.9. The van der Waals surface area contributed by atoms with Gasteiger partial charge in [0.2, 0.25) is 11.8 Å². The van der Waals surface area contributed by atoms with Gasteiger partial charge in [-0.15, -0.1) is 0 Å². The van der Waals surface area contributed by atoms with Gasteiger partial charge in [-0.1, -0.05) is 12.1 Å². The van der Waals surface area contributed by atoms with E-state index in [-0.39, 0.29) is 60.5 Å². The van der Waals surface area contributed by atoms with E-state index in [0.717, 1.165) is 78.8 Å². The van der Waals surface area contributed by atoms with Crippen LogP contribution in [0.15, 0.2) is 83.9 Å². The van der Waals surface area contributed by atoms with Crippen LogP contribution in [0.5, 0.6) is 11.5 Å². The fourth-order valence-electron chi connectivity index (χ4n) is 9.83. The molecular formula is C47H45F2N9O7S. The fraction of sp³-hybridized carbons (Fsp3) is 0.362. The van der Waals surface area contributed by atoms with Gasteiger partial charge in [0.1, 0.15) is 35.9 Å². The number of carbonyl (C=O) groups is 3. The highest BCUT2D eigenvalue weighted by Crippen LogP contribution is 2.37. The number of imide groups is 1. The predicted octanol–water partition coefficient (Wildman–Crippen LogP) is 4.97. The molecule has 6 heterocycles. The molecule has 5 aliphatic heterocycles. The van der Waals surface area contributed by atoms with Crippen LogP contribution in [0.3, 0.4) is 0 Å². The van der Waals surface area contributed by atoms with E-state index in [1.807, 2.05) is 36.4 Å². The van der Waals surface area contributed by atoms with Crippen LogP contribution in [0.2, 0.25) is 0 Å². The van der Waals surface area contributed by atoms with Gasteiger partial charge >= 0.3 is 10.2 Å². The lowest BCUT2D eigenvalue weighted by atomic mass is 9.88. The van der Waals surface area contributed by atoms with E-state index in [4.69, 9.17) is 4.74 Å². The molecule has 0 aliphatic carbocycles. The summed E-state index contributed by atoms with van der Waals surface area (Å²) in [6.45, 7) is 4.64. The Bertz CT molecular complexity index is 3020. The normalized spacial score (nSPS) is 20.9. The number of rotatable bonds is 11. The van der Waals surface area contributed by atoms with Crippen LogP contribution in [-0.2, 0) is 26.3 Å². The number of aromatic nitrogens is 2. The number of benzene rings is 4. The molecule has 4 fully saturated rings. The molecule has 0 unspecified atom stereocenters. The molecule has 0 radical (unpaired) electrons. The van der Waals surface area contributed by atoms with Crippen LogP contribution in [-0.4, -0.2) is 108 Å². The number of hydrogen-bond donors (Lipinski definition) is 2. The van der Waals surface area contributed by atoms with Gasteiger partial charge in [-0.25, -0.2) is 13.8 Å². The Hall–Kier alpha value is -6.75. The van der Waals surface area contributed by atoms with E-state index in [1.165, 1.54) is 29.1 Å². The minimum absolute atomic E-state index is 0.0190. The fourth-order valence-corrected chi connectivity index (χ4v) is 11.1. The van der Waals surface area contributed by atoms with Crippen LogP contribution < -0.4 is 25.2 Å². The van der Waals surface area contributed by atoms with E-state index >= 15 is 4.39 Å². The van der Waals surface area contributed by atoms with Crippen molar-refractivity contribution in [2.45, 2.75) is 56.8 Å². The molecule has 5 aromatic rings. The van der Waals surface area contributed by atoms with Crippen molar-refractivity contribution in [3.63, 3.8) is 0 Å². The second-order valence-electron chi connectivity index (χ2n) is 17.6. The molecule has 0 spiro atoms. The number of piperidine rings is 2. The number of hydrogen-bond acceptors (Lipinski definition) is 11. The van der Waals surface area contributed by atoms with Crippen molar-refractivity contribution in [1.29, 1.82) is 5.26 Å². The first-order valence-electron chi connectivity index (χ1n) is 22.0. The summed E-state index contributed by atoms with van der Waals surface area (Å²) in [5.41, 5.74) is 3.61. The molecule has 0 saturated carbocycles. The zero-order chi connectivity index (χ0) is 45.9. The average molecular weight is 918 g/mol. The summed E-state index contributed by atoms with van der Waals surface area (Å²) in [5, 5.41) is 12.5. The van der Waals surface area contributed by atoms with E-state index in [1.54, 1.807) is 4.90 Å². The predicted molar refractivity (Wildman–Crippen MR) is 239 cm³/mol. The van der Waals surface area contributed by atoms with Crippen molar-refractivity contribution in [3.05, 3.63) is 118 Å². The molecule has 16 nitrogen and oxygen atoms in total. The summed E-state index contributed by atoms with van der Waals surface area (Å²) in [4.78, 5) is 62.2. The van der Waals surface area contributed by atoms with Gasteiger partial charge in [0.15, 0.2) is 11.6 Å². The summed E-state index contributed by atoms with van der Waals surface area (Å²) in [6.07, 6.45) is 2.65. The first kappa shape index (κ1) is 43.2. The minimum Gasteiger partial charge on any atom is -0.453 e. The van der Waals surface area contributed by atoms with Gasteiger partial charge < -0.3 is 19.4 Å². The summed E-state index contributed by atoms with van der Waals surface area (Å²) >= 11 is 0. The number of nitriles is 1. The second kappa shape index (κ2) is 17.2. The summed E-state index contributed by atoms with van der Waals surface area (Å²) in [6, 6.07) is 21.3. The van der Waals surface area contributed by atoms with E-state index in [9.17, 15) is 37.2 Å². The Morgan fingerprint density at radius 3 is 2.48 bits per heavy atom. The number of amides is 3. The van der Waals surface area contributed by atoms with Crippen LogP contribution in [0.1, 0.15) is 65.1 Å². The van der Waals surface area contributed by atoms with Gasteiger partial charge in [-0.05, 0) is 116 Å². The summed E-state index contributed by atoms with van der Waals surface area (Å²) in [7, 11) is -4.24. The maximum Gasteiger partial charge on any atom is 0.301 e. The number of ether oxygens (including phenoxy) is 1. The SMILES string of the molecule is N#Cc1c(NS(=O)(=O)N2CC[C@@H](F)C2)ccc(F)c1Oc1ccc2ncn(-c3cccc(C4CCN(CC5CN(c6ccc7c(c6)CN([C@H]6CCC(=O)NC6=O)C7=O)C5)CC4)c3)c(=O)c2c1. The monoisotopic (exact) mass is 917 g/mol. The highest BCUT2D eigenvalue weighted by molar-refractivity contribution is 7.90. The van der Waals surface area contributed by atoms with Crippen molar-refractivity contribution in [3.8, 4) is 23.3 Å². The maximum atomic E-state index is 15.2. The number of likely N-dealkylation sites (tertiary alicyclic amines) is 1. The van der Waals surface area contributed by atoms with E-state index in [2.05, 4.69) is 37.0 Å². The molecule has 2 atom stereocenters. The molecule has 66 heavy (non-hydrogen) atoms. The number of fused-ring (bicyclic) bond motifs is 2. The Morgan fingerprint density at radius 2 is 1.73 bits per heavy atom. The molecule has 340 valence electrons. The highest BCUT2D eigenvalue weighted by atomic mass is 32.2. The molecule has 5 aliphatic rings. The first-order chi connectivity index (χ1) is 31.8. The van der Waals surface area contributed by atoms with Crippen LogP contribution in [0, 0.1) is 23.1 Å². The van der Waals surface area contributed by atoms with Gasteiger partial charge in [0.25, 0.3) is 11.5 Å². The second-order valence-corrected chi connectivity index (χ2v) is 19.3. The van der Waals surface area contributed by atoms with Gasteiger partial charge in [-0.3, -0.25) is 33.8 Å². The van der Waals surface area contributed by atoms with Crippen molar-refractivity contribution in [2.75, 3.05) is 55.4 Å². The molecule has 4 aromatic carbocycles. The topological polar surface area (TPSA) is 190 Å². The van der Waals surface area contributed by atoms with Crippen LogP contribution in [0.25, 0.3) is 16.6 Å². The zero-order valence-corrected chi connectivity index (χ0v) is 36.5. The Kier molecular flexibility index (Phi) is 11.3. The van der Waals surface area contributed by atoms with Crippen molar-refractivity contribution in [1.82, 2.24) is 29.0 Å². The van der Waals surface area contributed by atoms with Crippen LogP contribution in [0.4, 0.5) is 20.2 Å². The Morgan fingerprint density at radius 1 is 0.909 bits per heavy atom. The Balaban J connectivity index is 0.762.